The van der Waals surface area contributed by atoms with E-state index in [0.29, 0.717) is 0 Å². The van der Waals surface area contributed by atoms with Gasteiger partial charge in [0.05, 0.1) is 0 Å². The molecule has 1 N–H and O–H groups in total. The average Bonchev–Trinajstić information content (AvgIpc) is 1.38. The Labute approximate surface area is 53.5 Å². The summed E-state index contributed by atoms with van der Waals surface area (Å²) in [7, 11) is 0. The van der Waals surface area contributed by atoms with E-state index in [1.807, 2.05) is 0 Å². The Balaban J connectivity index is 0. The summed E-state index contributed by atoms with van der Waals surface area (Å²) in [4.78, 5) is 8.99. The van der Waals surface area contributed by atoms with E-state index in [-0.39, 0.29) is 26.2 Å². The van der Waals surface area contributed by atoms with Gasteiger partial charge in [-0.05, 0) is 0 Å². The first-order valence-electron chi connectivity index (χ1n) is 1.05. The van der Waals surface area contributed by atoms with Crippen molar-refractivity contribution in [2.75, 3.05) is 6.67 Å². The standard InChI is InChI=1S/C2H3FO2.Zr/c3-1-2(4)5;/h1H2,(H,4,5);. The molecule has 0 bridgehead atoms. The van der Waals surface area contributed by atoms with Crippen molar-refractivity contribution in [1.29, 1.82) is 0 Å². The summed E-state index contributed by atoms with van der Waals surface area (Å²) in [6, 6.07) is 0. The molecule has 0 heterocycles. The van der Waals surface area contributed by atoms with Crippen LogP contribution in [-0.4, -0.2) is 17.8 Å². The van der Waals surface area contributed by atoms with Crippen molar-refractivity contribution in [1.82, 2.24) is 0 Å². The van der Waals surface area contributed by atoms with E-state index in [1.165, 1.54) is 0 Å². The van der Waals surface area contributed by atoms with Crippen LogP contribution in [-0.2, 0) is 31.0 Å². The maximum Gasteiger partial charge on any atom is 0.335 e. The summed E-state index contributed by atoms with van der Waals surface area (Å²) in [6.07, 6.45) is 0. The molecule has 2 nitrogen and oxygen atoms in total. The molecule has 0 aliphatic heterocycles. The monoisotopic (exact) mass is 168 g/mol. The normalized spacial score (nSPS) is 6.17. The van der Waals surface area contributed by atoms with Crippen molar-refractivity contribution < 1.29 is 40.5 Å². The molecule has 0 aromatic heterocycles. The van der Waals surface area contributed by atoms with Crippen LogP contribution in [0, 0.1) is 0 Å². The van der Waals surface area contributed by atoms with Crippen molar-refractivity contribution in [3.8, 4) is 0 Å². The van der Waals surface area contributed by atoms with Crippen LogP contribution in [0.4, 0.5) is 4.39 Å². The van der Waals surface area contributed by atoms with E-state index in [1.54, 1.807) is 0 Å². The quantitative estimate of drug-likeness (QED) is 0.601. The Morgan fingerprint density at radius 1 is 1.83 bits per heavy atom. The first kappa shape index (κ1) is 9.56. The largest absolute Gasteiger partial charge is 0.479 e. The molecule has 0 radical (unpaired) electrons. The van der Waals surface area contributed by atoms with E-state index in [0.717, 1.165) is 0 Å². The average molecular weight is 169 g/mol. The molecule has 0 atom stereocenters. The summed E-state index contributed by atoms with van der Waals surface area (Å²) >= 11 is 0. The van der Waals surface area contributed by atoms with Gasteiger partial charge in [0.1, 0.15) is 0 Å². The fourth-order valence-corrected chi connectivity index (χ4v) is 0. The van der Waals surface area contributed by atoms with Crippen molar-refractivity contribution in [3.05, 3.63) is 0 Å². The minimum atomic E-state index is -1.41. The first-order chi connectivity index (χ1) is 2.27. The summed E-state index contributed by atoms with van der Waals surface area (Å²) in [6.45, 7) is -1.28. The van der Waals surface area contributed by atoms with Gasteiger partial charge in [0, 0.05) is 26.2 Å². The number of halogens is 1. The number of carboxylic acid groups (broad SMARTS) is 1. The molecule has 0 rings (SSSR count). The third kappa shape index (κ3) is 8.86. The first-order valence-corrected chi connectivity index (χ1v) is 1.05. The van der Waals surface area contributed by atoms with Gasteiger partial charge in [0.15, 0.2) is 6.67 Å². The number of carboxylic acids is 1. The third-order valence-corrected chi connectivity index (χ3v) is 0.114. The minimum Gasteiger partial charge on any atom is -0.479 e. The van der Waals surface area contributed by atoms with Gasteiger partial charge >= 0.3 is 5.97 Å². The second-order valence-electron chi connectivity index (χ2n) is 0.527. The molecule has 4 heteroatoms. The second kappa shape index (κ2) is 5.28. The van der Waals surface area contributed by atoms with Gasteiger partial charge in [0.2, 0.25) is 0 Å². The molecule has 0 aromatic rings. The Kier molecular flexibility index (Phi) is 8.42. The Morgan fingerprint density at radius 3 is 2.00 bits per heavy atom. The van der Waals surface area contributed by atoms with E-state index in [9.17, 15) is 4.39 Å². The van der Waals surface area contributed by atoms with Gasteiger partial charge in [-0.25, -0.2) is 9.18 Å². The predicted molar refractivity (Wildman–Crippen MR) is 13.6 cm³/mol. The number of hydrogen-bond acceptors (Lipinski definition) is 1. The second-order valence-corrected chi connectivity index (χ2v) is 0.527. The number of carbonyl (C=O) groups is 1. The maximum absolute atomic E-state index is 10.5. The minimum absolute atomic E-state index is 0. The SMILES string of the molecule is O=C(O)CF.[Zr]. The topological polar surface area (TPSA) is 37.3 Å². The van der Waals surface area contributed by atoms with Crippen molar-refractivity contribution in [2.45, 2.75) is 0 Å². The molecule has 6 heavy (non-hydrogen) atoms. The van der Waals surface area contributed by atoms with Gasteiger partial charge in [-0.2, -0.15) is 0 Å². The summed E-state index contributed by atoms with van der Waals surface area (Å²) in [5.41, 5.74) is 0. The third-order valence-electron chi connectivity index (χ3n) is 0.114. The summed E-state index contributed by atoms with van der Waals surface area (Å²) in [5, 5.41) is 7.35. The van der Waals surface area contributed by atoms with Gasteiger partial charge < -0.3 is 5.11 Å². The van der Waals surface area contributed by atoms with Crippen molar-refractivity contribution in [2.24, 2.45) is 0 Å². The predicted octanol–water partition coefficient (Wildman–Crippen LogP) is 0.0380. The molecule has 0 saturated carbocycles. The Hall–Kier alpha value is 0.283. The number of rotatable bonds is 1. The molecule has 0 fully saturated rings. The molecule has 0 amide bonds. The van der Waals surface area contributed by atoms with Crippen LogP contribution in [0.5, 0.6) is 0 Å². The molecule has 0 aromatic carbocycles. The zero-order valence-electron chi connectivity index (χ0n) is 2.94. The molecule has 0 aliphatic carbocycles. The van der Waals surface area contributed by atoms with E-state index < -0.39 is 12.6 Å². The molecule has 0 aliphatic rings. The van der Waals surface area contributed by atoms with Crippen molar-refractivity contribution >= 4 is 5.97 Å². The van der Waals surface area contributed by atoms with Crippen LogP contribution in [0.1, 0.15) is 0 Å². The summed E-state index contributed by atoms with van der Waals surface area (Å²) in [5.74, 6) is -1.41. The molecular formula is C2H3FO2Zr. The van der Waals surface area contributed by atoms with Crippen LogP contribution in [0.25, 0.3) is 0 Å². The van der Waals surface area contributed by atoms with Crippen LogP contribution in [0.3, 0.4) is 0 Å². The van der Waals surface area contributed by atoms with Crippen LogP contribution < -0.4 is 0 Å². The van der Waals surface area contributed by atoms with E-state index in [2.05, 4.69) is 0 Å². The Bertz CT molecular complexity index is 46.8. The maximum atomic E-state index is 10.5. The zero-order valence-corrected chi connectivity index (χ0v) is 5.40. The number of hydrogen-bond donors (Lipinski definition) is 1. The van der Waals surface area contributed by atoms with E-state index in [4.69, 9.17) is 9.90 Å². The van der Waals surface area contributed by atoms with Gasteiger partial charge in [-0.15, -0.1) is 0 Å². The van der Waals surface area contributed by atoms with Crippen LogP contribution in [0.15, 0.2) is 0 Å². The zero-order chi connectivity index (χ0) is 4.28. The fourth-order valence-electron chi connectivity index (χ4n) is 0. The van der Waals surface area contributed by atoms with Crippen LogP contribution >= 0.6 is 0 Å². The number of alkyl halides is 1. The molecule has 34 valence electrons. The van der Waals surface area contributed by atoms with E-state index >= 15 is 0 Å². The molecular weight excluding hydrogens is 166 g/mol. The number of aliphatic carboxylic acids is 1. The fraction of sp³-hybridized carbons (Fsp3) is 0.500. The molecule has 0 unspecified atom stereocenters. The molecule has 0 spiro atoms. The van der Waals surface area contributed by atoms with Gasteiger partial charge in [-0.3, -0.25) is 0 Å². The summed E-state index contributed by atoms with van der Waals surface area (Å²) < 4.78 is 10.5. The van der Waals surface area contributed by atoms with Crippen molar-refractivity contribution in [3.63, 3.8) is 0 Å². The Morgan fingerprint density at radius 2 is 2.00 bits per heavy atom. The van der Waals surface area contributed by atoms with Gasteiger partial charge in [0.25, 0.3) is 0 Å². The van der Waals surface area contributed by atoms with Gasteiger partial charge in [-0.1, -0.05) is 0 Å². The molecule has 0 saturated heterocycles. The smallest absolute Gasteiger partial charge is 0.335 e. The van der Waals surface area contributed by atoms with Crippen LogP contribution in [0.2, 0.25) is 0 Å².